The minimum absolute atomic E-state index is 0.00105. The van der Waals surface area contributed by atoms with E-state index in [-0.39, 0.29) is 16.2 Å². The van der Waals surface area contributed by atoms with Crippen LogP contribution < -0.4 is 15.6 Å². The summed E-state index contributed by atoms with van der Waals surface area (Å²) in [7, 11) is -3.22. The molecule has 0 unspecified atom stereocenters. The van der Waals surface area contributed by atoms with E-state index in [1.54, 1.807) is 0 Å². The van der Waals surface area contributed by atoms with Crippen molar-refractivity contribution in [3.8, 4) is 0 Å². The molecule has 3 N–H and O–H groups in total. The Morgan fingerprint density at radius 3 is 2.38 bits per heavy atom. The molecule has 0 atom stereocenters. The van der Waals surface area contributed by atoms with Crippen LogP contribution >= 0.6 is 0 Å². The number of hydrogen-bond donors (Lipinski definition) is 3. The molecule has 0 radical (unpaired) electrons. The number of anilines is 2. The molecule has 0 saturated carbocycles. The highest BCUT2D eigenvalue weighted by Gasteiger charge is 2.31. The second kappa shape index (κ2) is 8.87. The number of amides is 1. The Hall–Kier alpha value is -3.19. The van der Waals surface area contributed by atoms with E-state index < -0.39 is 39.1 Å². The van der Waals surface area contributed by atoms with Gasteiger partial charge in [-0.2, -0.15) is 13.2 Å². The number of para-hydroxylation sites is 2. The maximum atomic E-state index is 12.8. The van der Waals surface area contributed by atoms with Crippen LogP contribution in [-0.4, -0.2) is 32.8 Å². The molecule has 2 aromatic rings. The van der Waals surface area contributed by atoms with Gasteiger partial charge in [-0.1, -0.05) is 18.2 Å². The number of nitroso groups, excluding NO2 is 1. The number of benzene rings is 2. The highest BCUT2D eigenvalue weighted by Crippen LogP contribution is 2.31. The van der Waals surface area contributed by atoms with Gasteiger partial charge >= 0.3 is 12.7 Å². The first-order valence-corrected chi connectivity index (χ1v) is 9.33. The number of rotatable bonds is 8. The zero-order valence-electron chi connectivity index (χ0n) is 14.9. The van der Waals surface area contributed by atoms with E-state index in [2.05, 4.69) is 14.9 Å². The fourth-order valence-electron chi connectivity index (χ4n) is 2.18. The number of hydrazine groups is 1. The molecule has 0 aliphatic heterocycles. The number of carbonyl (C=O) groups is 1. The molecule has 0 bridgehead atoms. The van der Waals surface area contributed by atoms with Crippen molar-refractivity contribution in [1.82, 2.24) is 5.59 Å². The number of sulfonamides is 1. The fourth-order valence-corrected chi connectivity index (χ4v) is 3.30. The van der Waals surface area contributed by atoms with Gasteiger partial charge in [-0.05, 0) is 35.9 Å². The SMILES string of the molecule is CON[N+](=O)CC(=O)Nc1ccccc1NS(=O)(=O)c1cccc(C(F)(F)F)c1. The van der Waals surface area contributed by atoms with Crippen molar-refractivity contribution in [2.24, 2.45) is 0 Å². The summed E-state index contributed by atoms with van der Waals surface area (Å²) in [5, 5.41) is 2.33. The van der Waals surface area contributed by atoms with Gasteiger partial charge in [0.05, 0.1) is 33.9 Å². The summed E-state index contributed by atoms with van der Waals surface area (Å²) in [6, 6.07) is 8.79. The number of alkyl halides is 3. The molecule has 0 saturated heterocycles. The lowest BCUT2D eigenvalue weighted by molar-refractivity contribution is -0.648. The number of nitrogens with zero attached hydrogens (tertiary/aromatic N) is 1. The third-order valence-electron chi connectivity index (χ3n) is 3.40. The van der Waals surface area contributed by atoms with Gasteiger partial charge in [-0.15, -0.1) is 0 Å². The van der Waals surface area contributed by atoms with Gasteiger partial charge in [0.2, 0.25) is 0 Å². The molecule has 0 aliphatic rings. The normalized spacial score (nSPS) is 11.6. The summed E-state index contributed by atoms with van der Waals surface area (Å²) in [5.74, 6) is -0.796. The van der Waals surface area contributed by atoms with Gasteiger partial charge in [-0.3, -0.25) is 9.52 Å². The van der Waals surface area contributed by atoms with Gasteiger partial charge in [0.1, 0.15) is 0 Å². The highest BCUT2D eigenvalue weighted by atomic mass is 32.2. The third-order valence-corrected chi connectivity index (χ3v) is 4.76. The van der Waals surface area contributed by atoms with Crippen LogP contribution in [0.4, 0.5) is 24.5 Å². The summed E-state index contributed by atoms with van der Waals surface area (Å²) in [6.07, 6.45) is -4.71. The standard InChI is InChI=1S/C16H15F3N4O5S/c1-28-22-23(25)10-15(24)20-13-7-2-3-8-14(13)21-29(26,27)12-6-4-5-11(9-12)16(17,18)19/h2-9,21H,10H2,1H3,(H-,20,22,24,25)/p+1. The molecule has 0 aliphatic carbocycles. The first-order valence-electron chi connectivity index (χ1n) is 7.85. The summed E-state index contributed by atoms with van der Waals surface area (Å²) in [6.45, 7) is -0.678. The number of halogens is 3. The van der Waals surface area contributed by atoms with Crippen molar-refractivity contribution in [2.45, 2.75) is 11.1 Å². The summed E-state index contributed by atoms with van der Waals surface area (Å²) in [5.41, 5.74) is 0.643. The van der Waals surface area contributed by atoms with Crippen LogP contribution in [0.3, 0.4) is 0 Å². The van der Waals surface area contributed by atoms with Crippen LogP contribution in [0.25, 0.3) is 0 Å². The number of nitrogens with one attached hydrogen (secondary N) is 3. The van der Waals surface area contributed by atoms with Crippen LogP contribution in [-0.2, 0) is 25.8 Å². The fraction of sp³-hybridized carbons (Fsp3) is 0.188. The maximum Gasteiger partial charge on any atom is 0.416 e. The average Bonchev–Trinajstić information content (AvgIpc) is 2.62. The average molecular weight is 433 g/mol. The van der Waals surface area contributed by atoms with Crippen molar-refractivity contribution in [3.05, 3.63) is 59.0 Å². The quantitative estimate of drug-likeness (QED) is 0.435. The zero-order valence-corrected chi connectivity index (χ0v) is 15.7. The second-order valence-corrected chi connectivity index (χ2v) is 7.24. The molecule has 2 aromatic carbocycles. The van der Waals surface area contributed by atoms with Gasteiger partial charge in [0.15, 0.2) is 4.87 Å². The van der Waals surface area contributed by atoms with Crippen LogP contribution in [0, 0.1) is 4.91 Å². The van der Waals surface area contributed by atoms with E-state index in [0.29, 0.717) is 6.07 Å². The van der Waals surface area contributed by atoms with E-state index in [9.17, 15) is 31.3 Å². The Balaban J connectivity index is 2.24. The Bertz CT molecular complexity index is 1010. The molecule has 0 aromatic heterocycles. The lowest BCUT2D eigenvalue weighted by Gasteiger charge is -2.14. The Morgan fingerprint density at radius 2 is 1.76 bits per heavy atom. The van der Waals surface area contributed by atoms with Crippen LogP contribution in [0.1, 0.15) is 5.56 Å². The summed E-state index contributed by atoms with van der Waals surface area (Å²) >= 11 is 0. The molecule has 1 amide bonds. The zero-order chi connectivity index (χ0) is 21.7. The first kappa shape index (κ1) is 22.1. The predicted molar refractivity (Wildman–Crippen MR) is 96.0 cm³/mol. The molecule has 2 rings (SSSR count). The smallest absolute Gasteiger partial charge is 0.318 e. The number of hydrogen-bond acceptors (Lipinski definition) is 5. The molecule has 0 spiro atoms. The van der Waals surface area contributed by atoms with E-state index in [1.807, 2.05) is 5.59 Å². The van der Waals surface area contributed by atoms with E-state index in [1.165, 1.54) is 31.4 Å². The maximum absolute atomic E-state index is 12.8. The molecule has 9 nitrogen and oxygen atoms in total. The lowest BCUT2D eigenvalue weighted by atomic mass is 10.2. The van der Waals surface area contributed by atoms with Crippen molar-refractivity contribution in [3.63, 3.8) is 0 Å². The van der Waals surface area contributed by atoms with Crippen LogP contribution in [0.15, 0.2) is 53.4 Å². The second-order valence-electron chi connectivity index (χ2n) is 5.56. The first-order chi connectivity index (χ1) is 13.5. The lowest BCUT2D eigenvalue weighted by Crippen LogP contribution is -2.33. The molecule has 156 valence electrons. The molecule has 13 heteroatoms. The number of carbonyl (C=O) groups excluding carboxylic acids is 1. The molecule has 0 heterocycles. The topological polar surface area (TPSA) is 117 Å². The predicted octanol–water partition coefficient (Wildman–Crippen LogP) is 2.29. The Labute approximate surface area is 163 Å². The van der Waals surface area contributed by atoms with Crippen LogP contribution in [0.2, 0.25) is 0 Å². The molecule has 29 heavy (non-hydrogen) atoms. The van der Waals surface area contributed by atoms with E-state index >= 15 is 0 Å². The van der Waals surface area contributed by atoms with E-state index in [0.717, 1.165) is 18.2 Å². The third kappa shape index (κ3) is 6.15. The van der Waals surface area contributed by atoms with Gasteiger partial charge < -0.3 is 5.32 Å². The molecule has 0 fully saturated rings. The van der Waals surface area contributed by atoms with Crippen molar-refractivity contribution < 1.29 is 36.1 Å². The van der Waals surface area contributed by atoms with Crippen LogP contribution in [0.5, 0.6) is 0 Å². The van der Waals surface area contributed by atoms with Crippen molar-refractivity contribution >= 4 is 27.3 Å². The Morgan fingerprint density at radius 1 is 1.10 bits per heavy atom. The molecular weight excluding hydrogens is 417 g/mol. The van der Waals surface area contributed by atoms with Crippen molar-refractivity contribution in [2.75, 3.05) is 23.7 Å². The van der Waals surface area contributed by atoms with Gasteiger partial charge in [-0.25, -0.2) is 13.3 Å². The van der Waals surface area contributed by atoms with Gasteiger partial charge in [0.25, 0.3) is 15.9 Å². The highest BCUT2D eigenvalue weighted by molar-refractivity contribution is 7.92. The summed E-state index contributed by atoms with van der Waals surface area (Å²) < 4.78 is 65.7. The minimum Gasteiger partial charge on any atom is -0.318 e. The summed E-state index contributed by atoms with van der Waals surface area (Å²) in [4.78, 5) is 27.0. The Kier molecular flexibility index (Phi) is 6.76. The van der Waals surface area contributed by atoms with Gasteiger partial charge in [0, 0.05) is 0 Å². The minimum atomic E-state index is -4.71. The van der Waals surface area contributed by atoms with Crippen molar-refractivity contribution in [1.29, 1.82) is 0 Å². The monoisotopic (exact) mass is 433 g/mol. The largest absolute Gasteiger partial charge is 0.416 e. The molecular formula is C16H16F3N4O5S+. The van der Waals surface area contributed by atoms with E-state index in [4.69, 9.17) is 0 Å².